The van der Waals surface area contributed by atoms with Gasteiger partial charge in [0.2, 0.25) is 5.91 Å². The largest absolute Gasteiger partial charge is 0.277 e. The fourth-order valence-electron chi connectivity index (χ4n) is 3.48. The lowest BCUT2D eigenvalue weighted by atomic mass is 9.80. The van der Waals surface area contributed by atoms with Crippen LogP contribution in [-0.2, 0) is 14.8 Å². The second-order valence-electron chi connectivity index (χ2n) is 6.71. The fourth-order valence-corrected chi connectivity index (χ4v) is 4.53. The summed E-state index contributed by atoms with van der Waals surface area (Å²) >= 11 is 0. The topological polar surface area (TPSA) is 101 Å². The molecule has 2 atom stereocenters. The number of imide groups is 1. The van der Waals surface area contributed by atoms with Crippen LogP contribution in [0.25, 0.3) is 0 Å². The molecule has 1 fully saturated rings. The van der Waals surface area contributed by atoms with Crippen LogP contribution in [0.2, 0.25) is 0 Å². The molecule has 3 amide bonds. The molecule has 1 heterocycles. The number of rotatable bonds is 3. The second kappa shape index (κ2) is 6.25. The summed E-state index contributed by atoms with van der Waals surface area (Å²) in [6, 6.07) is 3.70. The molecule has 1 aliphatic carbocycles. The Hall–Kier alpha value is -2.22. The number of hydrogen-bond acceptors (Lipinski definition) is 5. The summed E-state index contributed by atoms with van der Waals surface area (Å²) in [4.78, 5) is 37.0. The van der Waals surface area contributed by atoms with Crippen molar-refractivity contribution < 1.29 is 22.8 Å². The monoisotopic (exact) mass is 364 g/mol. The van der Waals surface area contributed by atoms with Crippen molar-refractivity contribution in [3.05, 3.63) is 29.3 Å². The van der Waals surface area contributed by atoms with Crippen LogP contribution < -0.4 is 4.72 Å². The molecule has 25 heavy (non-hydrogen) atoms. The standard InChI is InChI=1S/C17H20N2O5S/c1-10-5-3-4-6-12(10)15(20)18-25(23,24)11-7-8-13-14(9-11)17(22)19(2)16(13)21/h7-10,12H,3-6H2,1-2H3,(H,18,20). The van der Waals surface area contributed by atoms with Crippen molar-refractivity contribution in [1.29, 1.82) is 0 Å². The predicted octanol–water partition coefficient (Wildman–Crippen LogP) is 1.54. The van der Waals surface area contributed by atoms with Crippen LogP contribution in [0, 0.1) is 11.8 Å². The van der Waals surface area contributed by atoms with E-state index >= 15 is 0 Å². The number of sulfonamides is 1. The molecule has 7 nitrogen and oxygen atoms in total. The quantitative estimate of drug-likeness (QED) is 0.820. The lowest BCUT2D eigenvalue weighted by Gasteiger charge is -2.27. The molecule has 1 N–H and O–H groups in total. The SMILES string of the molecule is CC1CCCCC1C(=O)NS(=O)(=O)c1ccc2c(c1)C(=O)N(C)C2=O. The number of hydrogen-bond donors (Lipinski definition) is 1. The molecule has 1 aromatic rings. The summed E-state index contributed by atoms with van der Waals surface area (Å²) < 4.78 is 27.2. The zero-order valence-corrected chi connectivity index (χ0v) is 14.9. The van der Waals surface area contributed by atoms with E-state index in [4.69, 9.17) is 0 Å². The van der Waals surface area contributed by atoms with Gasteiger partial charge in [-0.05, 0) is 37.0 Å². The van der Waals surface area contributed by atoms with Crippen molar-refractivity contribution >= 4 is 27.7 Å². The minimum atomic E-state index is -4.09. The lowest BCUT2D eigenvalue weighted by Crippen LogP contribution is -2.39. The molecule has 1 aliphatic heterocycles. The third kappa shape index (κ3) is 3.06. The Labute approximate surface area is 146 Å². The first-order valence-corrected chi connectivity index (χ1v) is 9.74. The Morgan fingerprint density at radius 2 is 1.76 bits per heavy atom. The molecule has 0 spiro atoms. The van der Waals surface area contributed by atoms with Gasteiger partial charge in [0.05, 0.1) is 16.0 Å². The van der Waals surface area contributed by atoms with Crippen LogP contribution in [0.5, 0.6) is 0 Å². The van der Waals surface area contributed by atoms with Crippen molar-refractivity contribution in [2.75, 3.05) is 7.05 Å². The Morgan fingerprint density at radius 3 is 2.44 bits per heavy atom. The van der Waals surface area contributed by atoms with E-state index in [-0.39, 0.29) is 27.9 Å². The maximum Gasteiger partial charge on any atom is 0.264 e. The predicted molar refractivity (Wildman–Crippen MR) is 89.3 cm³/mol. The first kappa shape index (κ1) is 17.6. The van der Waals surface area contributed by atoms with E-state index < -0.39 is 27.7 Å². The van der Waals surface area contributed by atoms with Crippen LogP contribution >= 0.6 is 0 Å². The van der Waals surface area contributed by atoms with Gasteiger partial charge in [-0.25, -0.2) is 13.1 Å². The number of carbonyl (C=O) groups excluding carboxylic acids is 3. The number of benzene rings is 1. The maximum atomic E-state index is 12.5. The zero-order chi connectivity index (χ0) is 18.4. The molecule has 3 rings (SSSR count). The molecule has 134 valence electrons. The summed E-state index contributed by atoms with van der Waals surface area (Å²) in [7, 11) is -2.76. The van der Waals surface area contributed by atoms with Gasteiger partial charge in [-0.3, -0.25) is 19.3 Å². The molecular weight excluding hydrogens is 344 g/mol. The van der Waals surface area contributed by atoms with Crippen LogP contribution in [0.15, 0.2) is 23.1 Å². The van der Waals surface area contributed by atoms with Gasteiger partial charge < -0.3 is 0 Å². The molecule has 0 radical (unpaired) electrons. The van der Waals surface area contributed by atoms with Gasteiger partial charge >= 0.3 is 0 Å². The molecule has 2 aliphatic rings. The number of nitrogens with zero attached hydrogens (tertiary/aromatic N) is 1. The van der Waals surface area contributed by atoms with Gasteiger partial charge in [0.25, 0.3) is 21.8 Å². The van der Waals surface area contributed by atoms with Crippen molar-refractivity contribution in [2.45, 2.75) is 37.5 Å². The third-order valence-electron chi connectivity index (χ3n) is 5.05. The fraction of sp³-hybridized carbons (Fsp3) is 0.471. The van der Waals surface area contributed by atoms with Crippen molar-refractivity contribution in [3.8, 4) is 0 Å². The first-order valence-electron chi connectivity index (χ1n) is 8.25. The van der Waals surface area contributed by atoms with Crippen molar-refractivity contribution in [1.82, 2.24) is 9.62 Å². The molecular formula is C17H20N2O5S. The third-order valence-corrected chi connectivity index (χ3v) is 6.40. The van der Waals surface area contributed by atoms with Gasteiger partial charge in [-0.2, -0.15) is 0 Å². The highest BCUT2D eigenvalue weighted by molar-refractivity contribution is 7.90. The summed E-state index contributed by atoms with van der Waals surface area (Å²) in [5.74, 6) is -1.72. The van der Waals surface area contributed by atoms with E-state index in [1.165, 1.54) is 19.2 Å². The van der Waals surface area contributed by atoms with Crippen molar-refractivity contribution in [3.63, 3.8) is 0 Å². The molecule has 0 bridgehead atoms. The highest BCUT2D eigenvalue weighted by Gasteiger charge is 2.35. The molecule has 2 unspecified atom stereocenters. The van der Waals surface area contributed by atoms with E-state index in [1.54, 1.807) is 0 Å². The minimum Gasteiger partial charge on any atom is -0.277 e. The van der Waals surface area contributed by atoms with Gasteiger partial charge in [0.15, 0.2) is 0 Å². The van der Waals surface area contributed by atoms with E-state index in [1.807, 2.05) is 6.92 Å². The van der Waals surface area contributed by atoms with Gasteiger partial charge in [0.1, 0.15) is 0 Å². The van der Waals surface area contributed by atoms with Crippen LogP contribution in [0.4, 0.5) is 0 Å². The van der Waals surface area contributed by atoms with E-state index in [9.17, 15) is 22.8 Å². The van der Waals surface area contributed by atoms with Crippen LogP contribution in [0.3, 0.4) is 0 Å². The Morgan fingerprint density at radius 1 is 1.12 bits per heavy atom. The first-order chi connectivity index (χ1) is 11.7. The summed E-state index contributed by atoms with van der Waals surface area (Å²) in [6.07, 6.45) is 3.53. The average Bonchev–Trinajstić information content (AvgIpc) is 2.79. The second-order valence-corrected chi connectivity index (χ2v) is 8.40. The average molecular weight is 364 g/mol. The zero-order valence-electron chi connectivity index (χ0n) is 14.1. The lowest BCUT2D eigenvalue weighted by molar-refractivity contribution is -0.125. The highest BCUT2D eigenvalue weighted by Crippen LogP contribution is 2.30. The maximum absolute atomic E-state index is 12.5. The van der Waals surface area contributed by atoms with Crippen LogP contribution in [-0.4, -0.2) is 38.1 Å². The highest BCUT2D eigenvalue weighted by atomic mass is 32.2. The normalized spacial score (nSPS) is 23.5. The van der Waals surface area contributed by atoms with Gasteiger partial charge in [-0.15, -0.1) is 0 Å². The summed E-state index contributed by atoms with van der Waals surface area (Å²) in [5, 5.41) is 0. The van der Waals surface area contributed by atoms with Crippen molar-refractivity contribution in [2.24, 2.45) is 11.8 Å². The van der Waals surface area contributed by atoms with E-state index in [2.05, 4.69) is 4.72 Å². The molecule has 1 saturated carbocycles. The van der Waals surface area contributed by atoms with Gasteiger partial charge in [-0.1, -0.05) is 19.8 Å². The summed E-state index contributed by atoms with van der Waals surface area (Å²) in [6.45, 7) is 1.95. The molecule has 1 aromatic carbocycles. The van der Waals surface area contributed by atoms with E-state index in [0.717, 1.165) is 30.2 Å². The Balaban J connectivity index is 1.85. The van der Waals surface area contributed by atoms with E-state index in [0.29, 0.717) is 6.42 Å². The molecule has 0 aromatic heterocycles. The van der Waals surface area contributed by atoms with Gasteiger partial charge in [0, 0.05) is 13.0 Å². The number of fused-ring (bicyclic) bond motifs is 1. The smallest absolute Gasteiger partial charge is 0.264 e. The summed E-state index contributed by atoms with van der Waals surface area (Å²) in [5.41, 5.74) is 0.201. The Kier molecular flexibility index (Phi) is 4.40. The number of carbonyl (C=O) groups is 3. The van der Waals surface area contributed by atoms with Crippen LogP contribution in [0.1, 0.15) is 53.3 Å². The molecule has 0 saturated heterocycles. The molecule has 8 heteroatoms. The number of nitrogens with one attached hydrogen (secondary N) is 1. The Bertz CT molecular complexity index is 862. The number of amides is 3. The minimum absolute atomic E-state index is 0.0360.